The third-order valence-corrected chi connectivity index (χ3v) is 5.10. The summed E-state index contributed by atoms with van der Waals surface area (Å²) in [6, 6.07) is 8.27. The van der Waals surface area contributed by atoms with Crippen LogP contribution in [0.15, 0.2) is 33.2 Å². The van der Waals surface area contributed by atoms with Gasteiger partial charge in [0.15, 0.2) is 0 Å². The molecule has 0 aliphatic rings. The molecule has 5 heteroatoms. The number of thiophene rings is 1. The molecule has 1 aromatic carbocycles. The standard InChI is InChI=1S/C14H15Br2NOS/c1-2-10-3-4-11(19-10)8-18-14-12(15)5-9(7-17)6-13(14)16/h3-6H,2,7-8,17H2,1H3. The van der Waals surface area contributed by atoms with Crippen molar-refractivity contribution in [2.24, 2.45) is 5.73 Å². The number of halogens is 2. The molecule has 2 rings (SSSR count). The summed E-state index contributed by atoms with van der Waals surface area (Å²) < 4.78 is 7.74. The second-order valence-corrected chi connectivity index (χ2v) is 7.06. The van der Waals surface area contributed by atoms with Crippen LogP contribution >= 0.6 is 43.2 Å². The van der Waals surface area contributed by atoms with Crippen molar-refractivity contribution >= 4 is 43.2 Å². The Labute approximate surface area is 134 Å². The van der Waals surface area contributed by atoms with E-state index in [0.29, 0.717) is 13.2 Å². The Morgan fingerprint density at radius 2 is 1.79 bits per heavy atom. The second-order valence-electron chi connectivity index (χ2n) is 4.10. The molecular weight excluding hydrogens is 390 g/mol. The van der Waals surface area contributed by atoms with E-state index in [1.54, 1.807) is 11.3 Å². The summed E-state index contributed by atoms with van der Waals surface area (Å²) in [5, 5.41) is 0. The van der Waals surface area contributed by atoms with Crippen molar-refractivity contribution < 1.29 is 4.74 Å². The van der Waals surface area contributed by atoms with Gasteiger partial charge in [0.25, 0.3) is 0 Å². The maximum atomic E-state index is 5.89. The zero-order valence-electron chi connectivity index (χ0n) is 10.6. The van der Waals surface area contributed by atoms with Crippen molar-refractivity contribution in [3.63, 3.8) is 0 Å². The van der Waals surface area contributed by atoms with Crippen LogP contribution in [0.1, 0.15) is 22.2 Å². The predicted octanol–water partition coefficient (Wildman–Crippen LogP) is 4.87. The molecule has 2 N–H and O–H groups in total. The van der Waals surface area contributed by atoms with Crippen molar-refractivity contribution in [2.75, 3.05) is 0 Å². The van der Waals surface area contributed by atoms with Crippen LogP contribution in [0, 0.1) is 0 Å². The Kier molecular flexibility index (Phi) is 5.45. The first-order chi connectivity index (χ1) is 9.13. The molecule has 0 amide bonds. The number of ether oxygens (including phenoxy) is 1. The Morgan fingerprint density at radius 1 is 1.16 bits per heavy atom. The molecule has 0 spiro atoms. The summed E-state index contributed by atoms with van der Waals surface area (Å²) >= 11 is 8.84. The average Bonchev–Trinajstić information content (AvgIpc) is 2.85. The molecule has 1 heterocycles. The van der Waals surface area contributed by atoms with Crippen molar-refractivity contribution in [1.82, 2.24) is 0 Å². The van der Waals surface area contributed by atoms with E-state index in [-0.39, 0.29) is 0 Å². The molecule has 0 saturated heterocycles. The monoisotopic (exact) mass is 403 g/mol. The van der Waals surface area contributed by atoms with Gasteiger partial charge in [-0.05, 0) is 68.1 Å². The maximum Gasteiger partial charge on any atom is 0.148 e. The first-order valence-electron chi connectivity index (χ1n) is 6.02. The zero-order chi connectivity index (χ0) is 13.8. The molecule has 0 aliphatic heterocycles. The highest BCUT2D eigenvalue weighted by molar-refractivity contribution is 9.11. The number of hydrogen-bond donors (Lipinski definition) is 1. The Bertz CT molecular complexity index is 545. The number of benzene rings is 1. The van der Waals surface area contributed by atoms with Crippen LogP contribution in [-0.2, 0) is 19.6 Å². The summed E-state index contributed by atoms with van der Waals surface area (Å²) in [7, 11) is 0. The molecule has 19 heavy (non-hydrogen) atoms. The van der Waals surface area contributed by atoms with Gasteiger partial charge in [-0.1, -0.05) is 6.92 Å². The summed E-state index contributed by atoms with van der Waals surface area (Å²) in [5.41, 5.74) is 6.71. The number of hydrogen-bond acceptors (Lipinski definition) is 3. The van der Waals surface area contributed by atoms with E-state index < -0.39 is 0 Å². The molecule has 0 fully saturated rings. The van der Waals surface area contributed by atoms with Crippen molar-refractivity contribution in [2.45, 2.75) is 26.5 Å². The number of nitrogens with two attached hydrogens (primary N) is 1. The third-order valence-electron chi connectivity index (χ3n) is 2.72. The summed E-state index contributed by atoms with van der Waals surface area (Å²) in [6.45, 7) is 3.27. The number of aryl methyl sites for hydroxylation is 1. The molecule has 2 nitrogen and oxygen atoms in total. The summed E-state index contributed by atoms with van der Waals surface area (Å²) in [5.74, 6) is 0.823. The highest BCUT2D eigenvalue weighted by Gasteiger charge is 2.09. The van der Waals surface area contributed by atoms with Crippen LogP contribution in [0.2, 0.25) is 0 Å². The maximum absolute atomic E-state index is 5.89. The van der Waals surface area contributed by atoms with Crippen molar-refractivity contribution in [3.8, 4) is 5.75 Å². The van der Waals surface area contributed by atoms with Gasteiger partial charge in [0.1, 0.15) is 12.4 Å². The lowest BCUT2D eigenvalue weighted by atomic mass is 10.2. The lowest BCUT2D eigenvalue weighted by Crippen LogP contribution is -1.99. The van der Waals surface area contributed by atoms with Crippen molar-refractivity contribution in [1.29, 1.82) is 0 Å². The normalized spacial score (nSPS) is 10.7. The first kappa shape index (κ1) is 15.0. The summed E-state index contributed by atoms with van der Waals surface area (Å²) in [4.78, 5) is 2.62. The molecular formula is C14H15Br2NOS. The quantitative estimate of drug-likeness (QED) is 0.771. The fourth-order valence-corrected chi connectivity index (χ4v) is 4.08. The Hall–Kier alpha value is -0.360. The molecule has 0 unspecified atom stereocenters. The van der Waals surface area contributed by atoms with E-state index in [9.17, 15) is 0 Å². The van der Waals surface area contributed by atoms with Crippen LogP contribution in [0.4, 0.5) is 0 Å². The molecule has 0 aliphatic carbocycles. The van der Waals surface area contributed by atoms with Crippen LogP contribution in [0.3, 0.4) is 0 Å². The third kappa shape index (κ3) is 3.81. The van der Waals surface area contributed by atoms with Gasteiger partial charge in [0.2, 0.25) is 0 Å². The minimum atomic E-state index is 0.516. The Balaban J connectivity index is 2.11. The molecule has 2 aromatic rings. The van der Waals surface area contributed by atoms with Gasteiger partial charge in [-0.15, -0.1) is 11.3 Å². The topological polar surface area (TPSA) is 35.2 Å². The fourth-order valence-electron chi connectivity index (χ4n) is 1.70. The highest BCUT2D eigenvalue weighted by atomic mass is 79.9. The van der Waals surface area contributed by atoms with Crippen LogP contribution in [0.25, 0.3) is 0 Å². The van der Waals surface area contributed by atoms with Gasteiger partial charge < -0.3 is 10.5 Å². The minimum absolute atomic E-state index is 0.516. The van der Waals surface area contributed by atoms with Crippen LogP contribution in [-0.4, -0.2) is 0 Å². The van der Waals surface area contributed by atoms with Gasteiger partial charge in [0.05, 0.1) is 8.95 Å². The highest BCUT2D eigenvalue weighted by Crippen LogP contribution is 2.35. The lowest BCUT2D eigenvalue weighted by molar-refractivity contribution is 0.305. The van der Waals surface area contributed by atoms with Crippen LogP contribution in [0.5, 0.6) is 5.75 Å². The molecule has 0 radical (unpaired) electrons. The summed E-state index contributed by atoms with van der Waals surface area (Å²) in [6.07, 6.45) is 1.07. The fraction of sp³-hybridized carbons (Fsp3) is 0.286. The Morgan fingerprint density at radius 3 is 2.32 bits per heavy atom. The van der Waals surface area contributed by atoms with E-state index in [0.717, 1.165) is 26.7 Å². The van der Waals surface area contributed by atoms with Gasteiger partial charge >= 0.3 is 0 Å². The van der Waals surface area contributed by atoms with E-state index in [1.807, 2.05) is 12.1 Å². The minimum Gasteiger partial charge on any atom is -0.486 e. The largest absolute Gasteiger partial charge is 0.486 e. The van der Waals surface area contributed by atoms with E-state index in [2.05, 4.69) is 50.9 Å². The second kappa shape index (κ2) is 6.88. The molecule has 0 atom stereocenters. The van der Waals surface area contributed by atoms with E-state index in [4.69, 9.17) is 10.5 Å². The predicted molar refractivity (Wildman–Crippen MR) is 87.8 cm³/mol. The molecule has 0 saturated carbocycles. The average molecular weight is 405 g/mol. The molecule has 102 valence electrons. The van der Waals surface area contributed by atoms with Crippen LogP contribution < -0.4 is 10.5 Å². The zero-order valence-corrected chi connectivity index (χ0v) is 14.6. The number of rotatable bonds is 5. The first-order valence-corrected chi connectivity index (χ1v) is 8.42. The van der Waals surface area contributed by atoms with Gasteiger partial charge in [-0.3, -0.25) is 0 Å². The van der Waals surface area contributed by atoms with E-state index in [1.165, 1.54) is 9.75 Å². The SMILES string of the molecule is CCc1ccc(COc2c(Br)cc(CN)cc2Br)s1. The molecule has 1 aromatic heterocycles. The van der Waals surface area contributed by atoms with Gasteiger partial charge in [0, 0.05) is 16.3 Å². The molecule has 0 bridgehead atoms. The van der Waals surface area contributed by atoms with E-state index >= 15 is 0 Å². The van der Waals surface area contributed by atoms with Gasteiger partial charge in [-0.2, -0.15) is 0 Å². The van der Waals surface area contributed by atoms with Gasteiger partial charge in [-0.25, -0.2) is 0 Å². The smallest absolute Gasteiger partial charge is 0.148 e. The lowest BCUT2D eigenvalue weighted by Gasteiger charge is -2.11. The van der Waals surface area contributed by atoms with Crippen molar-refractivity contribution in [3.05, 3.63) is 48.5 Å².